The van der Waals surface area contributed by atoms with Gasteiger partial charge < -0.3 is 15.2 Å². The third-order valence-corrected chi connectivity index (χ3v) is 3.46. The van der Waals surface area contributed by atoms with E-state index >= 15 is 0 Å². The monoisotopic (exact) mass is 319 g/mol. The third kappa shape index (κ3) is 4.14. The molecule has 0 radical (unpaired) electrons. The smallest absolute Gasteiger partial charge is 0.228 e. The zero-order valence-corrected chi connectivity index (χ0v) is 13.0. The first kappa shape index (κ1) is 15.6. The minimum Gasteiger partial charge on any atom is -0.508 e. The normalized spacial score (nSPS) is 10.2. The number of ether oxygens (including phenoxy) is 1. The van der Waals surface area contributed by atoms with Gasteiger partial charge in [0.05, 0.1) is 6.42 Å². The lowest BCUT2D eigenvalue weighted by molar-refractivity contribution is -0.115. The zero-order chi connectivity index (χ0) is 16.8. The Morgan fingerprint density at radius 2 is 1.46 bits per heavy atom. The average molecular weight is 319 g/mol. The number of phenolic OH excluding ortho intramolecular Hbond substituents is 1. The molecular weight excluding hydrogens is 302 g/mol. The summed E-state index contributed by atoms with van der Waals surface area (Å²) in [5.74, 6) is 1.39. The fraction of sp³-hybridized carbons (Fsp3) is 0.0500. The first-order valence-electron chi connectivity index (χ1n) is 7.60. The molecule has 0 spiro atoms. The minimum absolute atomic E-state index is 0.120. The van der Waals surface area contributed by atoms with Gasteiger partial charge in [-0.25, -0.2) is 0 Å². The van der Waals surface area contributed by atoms with Crippen molar-refractivity contribution in [3.8, 4) is 17.2 Å². The zero-order valence-electron chi connectivity index (χ0n) is 13.0. The fourth-order valence-electron chi connectivity index (χ4n) is 2.27. The van der Waals surface area contributed by atoms with Crippen molar-refractivity contribution in [3.63, 3.8) is 0 Å². The van der Waals surface area contributed by atoms with Crippen LogP contribution in [0.2, 0.25) is 0 Å². The number of benzene rings is 3. The maximum atomic E-state index is 12.1. The van der Waals surface area contributed by atoms with Gasteiger partial charge in [-0.3, -0.25) is 4.79 Å². The van der Waals surface area contributed by atoms with Crippen LogP contribution in [0.1, 0.15) is 5.56 Å². The molecule has 0 bridgehead atoms. The van der Waals surface area contributed by atoms with E-state index in [0.717, 1.165) is 5.75 Å². The minimum atomic E-state index is -0.187. The summed E-state index contributed by atoms with van der Waals surface area (Å²) < 4.78 is 5.70. The van der Waals surface area contributed by atoms with E-state index in [9.17, 15) is 9.90 Å². The highest BCUT2D eigenvalue weighted by molar-refractivity contribution is 5.92. The van der Waals surface area contributed by atoms with Crippen molar-refractivity contribution < 1.29 is 14.6 Å². The summed E-state index contributed by atoms with van der Waals surface area (Å²) in [5.41, 5.74) is 1.27. The molecule has 1 amide bonds. The van der Waals surface area contributed by atoms with Crippen molar-refractivity contribution in [2.75, 3.05) is 5.32 Å². The molecule has 0 aliphatic heterocycles. The molecule has 2 N–H and O–H groups in total. The lowest BCUT2D eigenvalue weighted by atomic mass is 10.1. The number of amides is 1. The number of carbonyl (C=O) groups excluding carboxylic acids is 1. The number of nitrogens with one attached hydrogen (secondary N) is 1. The molecule has 0 heterocycles. The Hall–Kier alpha value is -3.27. The highest BCUT2D eigenvalue weighted by Crippen LogP contribution is 2.23. The van der Waals surface area contributed by atoms with E-state index in [0.29, 0.717) is 17.0 Å². The molecule has 3 aromatic rings. The van der Waals surface area contributed by atoms with Crippen LogP contribution in [0.15, 0.2) is 78.9 Å². The standard InChI is InChI=1S/C20H17NO3/c22-19-9-5-4-6-15(19)14-20(23)21-16-10-12-18(13-11-16)24-17-7-2-1-3-8-17/h1-13,22H,14H2,(H,21,23). The van der Waals surface area contributed by atoms with Gasteiger partial charge in [-0.1, -0.05) is 36.4 Å². The SMILES string of the molecule is O=C(Cc1ccccc1O)Nc1ccc(Oc2ccccc2)cc1. The van der Waals surface area contributed by atoms with Crippen LogP contribution >= 0.6 is 0 Å². The maximum Gasteiger partial charge on any atom is 0.228 e. The number of hydrogen-bond donors (Lipinski definition) is 2. The van der Waals surface area contributed by atoms with Gasteiger partial charge in [0.15, 0.2) is 0 Å². The lowest BCUT2D eigenvalue weighted by Crippen LogP contribution is -2.14. The Morgan fingerprint density at radius 3 is 2.17 bits per heavy atom. The fourth-order valence-corrected chi connectivity index (χ4v) is 2.27. The van der Waals surface area contributed by atoms with Gasteiger partial charge in [-0.15, -0.1) is 0 Å². The summed E-state index contributed by atoms with van der Waals surface area (Å²) in [6, 6.07) is 23.4. The summed E-state index contributed by atoms with van der Waals surface area (Å²) in [7, 11) is 0. The van der Waals surface area contributed by atoms with Gasteiger partial charge in [-0.2, -0.15) is 0 Å². The van der Waals surface area contributed by atoms with Crippen LogP contribution in [-0.2, 0) is 11.2 Å². The van der Waals surface area contributed by atoms with Crippen LogP contribution in [0.5, 0.6) is 17.2 Å². The average Bonchev–Trinajstić information content (AvgIpc) is 2.60. The van der Waals surface area contributed by atoms with Gasteiger partial charge in [-0.05, 0) is 42.5 Å². The van der Waals surface area contributed by atoms with Crippen molar-refractivity contribution >= 4 is 11.6 Å². The predicted molar refractivity (Wildman–Crippen MR) is 93.4 cm³/mol. The van der Waals surface area contributed by atoms with Gasteiger partial charge in [0.25, 0.3) is 0 Å². The van der Waals surface area contributed by atoms with E-state index in [1.165, 1.54) is 0 Å². The Balaban J connectivity index is 1.60. The second kappa shape index (κ2) is 7.33. The van der Waals surface area contributed by atoms with Crippen LogP contribution in [0.3, 0.4) is 0 Å². The molecule has 0 aromatic heterocycles. The molecular formula is C20H17NO3. The second-order valence-corrected chi connectivity index (χ2v) is 5.29. The van der Waals surface area contributed by atoms with Crippen molar-refractivity contribution in [1.29, 1.82) is 0 Å². The first-order valence-corrected chi connectivity index (χ1v) is 7.60. The van der Waals surface area contributed by atoms with Crippen molar-refractivity contribution in [2.45, 2.75) is 6.42 Å². The number of rotatable bonds is 5. The highest BCUT2D eigenvalue weighted by atomic mass is 16.5. The number of para-hydroxylation sites is 2. The van der Waals surface area contributed by atoms with Gasteiger partial charge in [0.2, 0.25) is 5.91 Å². The molecule has 0 aliphatic rings. The quantitative estimate of drug-likeness (QED) is 0.734. The van der Waals surface area contributed by atoms with E-state index in [1.54, 1.807) is 48.5 Å². The number of carbonyl (C=O) groups is 1. The lowest BCUT2D eigenvalue weighted by Gasteiger charge is -2.08. The molecule has 3 aromatic carbocycles. The van der Waals surface area contributed by atoms with Crippen LogP contribution in [0.4, 0.5) is 5.69 Å². The highest BCUT2D eigenvalue weighted by Gasteiger charge is 2.07. The number of phenols is 1. The first-order chi connectivity index (χ1) is 11.7. The Morgan fingerprint density at radius 1 is 0.833 bits per heavy atom. The molecule has 4 nitrogen and oxygen atoms in total. The van der Waals surface area contributed by atoms with Crippen molar-refractivity contribution in [3.05, 3.63) is 84.4 Å². The summed E-state index contributed by atoms with van der Waals surface area (Å²) >= 11 is 0. The van der Waals surface area contributed by atoms with Gasteiger partial charge >= 0.3 is 0 Å². The molecule has 0 aliphatic carbocycles. The number of aromatic hydroxyl groups is 1. The summed E-state index contributed by atoms with van der Waals surface area (Å²) in [6.45, 7) is 0. The molecule has 4 heteroatoms. The number of anilines is 1. The third-order valence-electron chi connectivity index (χ3n) is 3.46. The van der Waals surface area contributed by atoms with Crippen LogP contribution in [0, 0.1) is 0 Å². The molecule has 0 saturated heterocycles. The van der Waals surface area contributed by atoms with Crippen molar-refractivity contribution in [1.82, 2.24) is 0 Å². The van der Waals surface area contributed by atoms with E-state index in [-0.39, 0.29) is 18.1 Å². The molecule has 120 valence electrons. The Labute approximate surface area is 140 Å². The summed E-state index contributed by atoms with van der Waals surface area (Å²) in [4.78, 5) is 12.1. The van der Waals surface area contributed by atoms with E-state index in [1.807, 2.05) is 30.3 Å². The second-order valence-electron chi connectivity index (χ2n) is 5.29. The van der Waals surface area contributed by atoms with E-state index in [2.05, 4.69) is 5.32 Å². The van der Waals surface area contributed by atoms with Crippen LogP contribution in [-0.4, -0.2) is 11.0 Å². The van der Waals surface area contributed by atoms with E-state index in [4.69, 9.17) is 4.74 Å². The van der Waals surface area contributed by atoms with E-state index < -0.39 is 0 Å². The van der Waals surface area contributed by atoms with Crippen LogP contribution in [0.25, 0.3) is 0 Å². The number of hydrogen-bond acceptors (Lipinski definition) is 3. The van der Waals surface area contributed by atoms with Crippen molar-refractivity contribution in [2.24, 2.45) is 0 Å². The van der Waals surface area contributed by atoms with Gasteiger partial charge in [0.1, 0.15) is 17.2 Å². The predicted octanol–water partition coefficient (Wildman–Crippen LogP) is 4.37. The molecule has 24 heavy (non-hydrogen) atoms. The largest absolute Gasteiger partial charge is 0.508 e. The van der Waals surface area contributed by atoms with Gasteiger partial charge in [0, 0.05) is 11.3 Å². The molecule has 0 atom stereocenters. The molecule has 0 fully saturated rings. The topological polar surface area (TPSA) is 58.6 Å². The molecule has 0 unspecified atom stereocenters. The Kier molecular flexibility index (Phi) is 4.77. The molecule has 0 saturated carbocycles. The molecule has 3 rings (SSSR count). The Bertz CT molecular complexity index is 814. The van der Waals surface area contributed by atoms with Crippen LogP contribution < -0.4 is 10.1 Å². The summed E-state index contributed by atoms with van der Waals surface area (Å²) in [5, 5.41) is 12.5. The maximum absolute atomic E-state index is 12.1. The summed E-state index contributed by atoms with van der Waals surface area (Å²) in [6.07, 6.45) is 0.120.